The van der Waals surface area contributed by atoms with E-state index in [4.69, 9.17) is 19.6 Å². The summed E-state index contributed by atoms with van der Waals surface area (Å²) in [5, 5.41) is 8.73. The molecule has 7 nitrogen and oxygen atoms in total. The van der Waals surface area contributed by atoms with E-state index >= 15 is 0 Å². The fourth-order valence-electron chi connectivity index (χ4n) is 4.13. The monoisotopic (exact) mass is 458 g/mol. The third-order valence-electron chi connectivity index (χ3n) is 6.05. The van der Waals surface area contributed by atoms with Crippen LogP contribution in [0.5, 0.6) is 11.6 Å². The average Bonchev–Trinajstić information content (AvgIpc) is 3.19. The molecular weight excluding hydrogens is 428 g/mol. The van der Waals surface area contributed by atoms with Crippen molar-refractivity contribution in [1.29, 1.82) is 0 Å². The van der Waals surface area contributed by atoms with E-state index in [0.717, 1.165) is 44.9 Å². The Morgan fingerprint density at radius 1 is 0.971 bits per heavy atom. The zero-order chi connectivity index (χ0) is 24.2. The SMILES string of the molecule is COc1ccc(CNC(=O)CCc2c(OC)nc3c(c(C)nn3-c3ccc(C)cc3)c2C)cc1. The Hall–Kier alpha value is -3.87. The summed E-state index contributed by atoms with van der Waals surface area (Å²) in [6.45, 7) is 6.56. The molecule has 34 heavy (non-hydrogen) atoms. The second kappa shape index (κ2) is 9.95. The lowest BCUT2D eigenvalue weighted by Crippen LogP contribution is -2.23. The molecule has 4 rings (SSSR count). The molecule has 7 heteroatoms. The zero-order valence-electron chi connectivity index (χ0n) is 20.3. The number of nitrogens with zero attached hydrogens (tertiary/aromatic N) is 3. The van der Waals surface area contributed by atoms with Gasteiger partial charge < -0.3 is 14.8 Å². The van der Waals surface area contributed by atoms with Crippen LogP contribution in [0.25, 0.3) is 16.7 Å². The maximum Gasteiger partial charge on any atom is 0.220 e. The first-order chi connectivity index (χ1) is 16.4. The summed E-state index contributed by atoms with van der Waals surface area (Å²) in [7, 11) is 3.24. The maximum atomic E-state index is 12.6. The van der Waals surface area contributed by atoms with Crippen LogP contribution in [0, 0.1) is 20.8 Å². The molecule has 2 aromatic heterocycles. The van der Waals surface area contributed by atoms with Crippen LogP contribution in [-0.4, -0.2) is 34.9 Å². The highest BCUT2D eigenvalue weighted by Gasteiger charge is 2.20. The molecule has 0 radical (unpaired) electrons. The summed E-state index contributed by atoms with van der Waals surface area (Å²) >= 11 is 0. The number of ether oxygens (including phenoxy) is 2. The van der Waals surface area contributed by atoms with Gasteiger partial charge in [-0.15, -0.1) is 0 Å². The number of aromatic nitrogens is 3. The van der Waals surface area contributed by atoms with Crippen LogP contribution in [0.3, 0.4) is 0 Å². The number of fused-ring (bicyclic) bond motifs is 1. The van der Waals surface area contributed by atoms with Gasteiger partial charge >= 0.3 is 0 Å². The van der Waals surface area contributed by atoms with Crippen molar-refractivity contribution in [2.24, 2.45) is 0 Å². The highest BCUT2D eigenvalue weighted by atomic mass is 16.5. The van der Waals surface area contributed by atoms with Gasteiger partial charge in [-0.25, -0.2) is 4.68 Å². The topological polar surface area (TPSA) is 78.3 Å². The molecule has 0 aliphatic heterocycles. The number of aryl methyl sites for hydroxylation is 3. The molecule has 2 heterocycles. The van der Waals surface area contributed by atoms with Gasteiger partial charge in [0.2, 0.25) is 11.8 Å². The fourth-order valence-corrected chi connectivity index (χ4v) is 4.13. The maximum absolute atomic E-state index is 12.6. The molecule has 2 aromatic carbocycles. The Morgan fingerprint density at radius 3 is 2.32 bits per heavy atom. The number of carbonyl (C=O) groups is 1. The summed E-state index contributed by atoms with van der Waals surface area (Å²) in [6, 6.07) is 15.8. The first kappa shape index (κ1) is 23.3. The first-order valence-corrected chi connectivity index (χ1v) is 11.3. The fraction of sp³-hybridized carbons (Fsp3) is 0.296. The third kappa shape index (κ3) is 4.73. The van der Waals surface area contributed by atoms with Crippen molar-refractivity contribution in [1.82, 2.24) is 20.1 Å². The Balaban J connectivity index is 1.54. The minimum atomic E-state index is -0.0237. The van der Waals surface area contributed by atoms with Crippen molar-refractivity contribution < 1.29 is 14.3 Å². The standard InChI is InChI=1S/C27H30N4O3/c1-17-6-10-21(11-7-17)31-26-25(19(3)30-31)18(2)23(27(29-26)34-5)14-15-24(32)28-16-20-8-12-22(33-4)13-9-20/h6-13H,14-16H2,1-5H3,(H,28,32). The van der Waals surface area contributed by atoms with Crippen LogP contribution in [0.1, 0.15) is 34.4 Å². The number of carbonyl (C=O) groups excluding carboxylic acids is 1. The normalized spacial score (nSPS) is 11.0. The highest BCUT2D eigenvalue weighted by molar-refractivity contribution is 5.86. The molecule has 0 aliphatic carbocycles. The summed E-state index contributed by atoms with van der Waals surface area (Å²) < 4.78 is 12.7. The molecule has 176 valence electrons. The van der Waals surface area contributed by atoms with Crippen molar-refractivity contribution >= 4 is 16.9 Å². The van der Waals surface area contributed by atoms with E-state index in [1.54, 1.807) is 14.2 Å². The smallest absolute Gasteiger partial charge is 0.220 e. The molecule has 1 N–H and O–H groups in total. The largest absolute Gasteiger partial charge is 0.497 e. The molecule has 0 saturated carbocycles. The van der Waals surface area contributed by atoms with Gasteiger partial charge in [-0.2, -0.15) is 10.1 Å². The van der Waals surface area contributed by atoms with Gasteiger partial charge in [-0.3, -0.25) is 4.79 Å². The Morgan fingerprint density at radius 2 is 1.68 bits per heavy atom. The third-order valence-corrected chi connectivity index (χ3v) is 6.05. The number of methoxy groups -OCH3 is 2. The summed E-state index contributed by atoms with van der Waals surface area (Å²) in [4.78, 5) is 17.4. The van der Waals surface area contributed by atoms with Crippen molar-refractivity contribution in [2.45, 2.75) is 40.2 Å². The average molecular weight is 459 g/mol. The molecule has 1 amide bonds. The number of rotatable bonds is 8. The van der Waals surface area contributed by atoms with Crippen LogP contribution in [-0.2, 0) is 17.8 Å². The predicted molar refractivity (Wildman–Crippen MR) is 133 cm³/mol. The molecular formula is C27H30N4O3. The number of amides is 1. The van der Waals surface area contributed by atoms with Crippen molar-refractivity contribution in [2.75, 3.05) is 14.2 Å². The molecule has 0 spiro atoms. The zero-order valence-corrected chi connectivity index (χ0v) is 20.3. The van der Waals surface area contributed by atoms with Gasteiger partial charge in [0.05, 0.1) is 25.6 Å². The summed E-state index contributed by atoms with van der Waals surface area (Å²) in [5.41, 5.74) is 6.78. The van der Waals surface area contributed by atoms with Gasteiger partial charge in [0.1, 0.15) is 5.75 Å². The number of benzene rings is 2. The lowest BCUT2D eigenvalue weighted by molar-refractivity contribution is -0.121. The van der Waals surface area contributed by atoms with Gasteiger partial charge in [-0.05, 0) is 62.6 Å². The Bertz CT molecular complexity index is 1310. The van der Waals surface area contributed by atoms with Crippen molar-refractivity contribution in [3.63, 3.8) is 0 Å². The van der Waals surface area contributed by atoms with E-state index in [2.05, 4.69) is 24.4 Å². The van der Waals surface area contributed by atoms with Crippen LogP contribution < -0.4 is 14.8 Å². The van der Waals surface area contributed by atoms with Crippen LogP contribution in [0.2, 0.25) is 0 Å². The molecule has 0 fully saturated rings. The van der Waals surface area contributed by atoms with Crippen molar-refractivity contribution in [3.05, 3.63) is 76.5 Å². The Labute approximate surface area is 199 Å². The number of hydrogen-bond donors (Lipinski definition) is 1. The minimum absolute atomic E-state index is 0.0237. The highest BCUT2D eigenvalue weighted by Crippen LogP contribution is 2.31. The molecule has 0 saturated heterocycles. The van der Waals surface area contributed by atoms with Crippen LogP contribution >= 0.6 is 0 Å². The van der Waals surface area contributed by atoms with Gasteiger partial charge in [0, 0.05) is 23.9 Å². The second-order valence-corrected chi connectivity index (χ2v) is 8.38. The molecule has 0 atom stereocenters. The lowest BCUT2D eigenvalue weighted by Gasteiger charge is -2.13. The van der Waals surface area contributed by atoms with Gasteiger partial charge in [-0.1, -0.05) is 29.8 Å². The minimum Gasteiger partial charge on any atom is -0.497 e. The quantitative estimate of drug-likeness (QED) is 0.417. The molecule has 4 aromatic rings. The van der Waals surface area contributed by atoms with Gasteiger partial charge in [0.15, 0.2) is 5.65 Å². The number of nitrogens with one attached hydrogen (secondary N) is 1. The van der Waals surface area contributed by atoms with E-state index < -0.39 is 0 Å². The van der Waals surface area contributed by atoms with E-state index in [1.807, 2.05) is 54.9 Å². The summed E-state index contributed by atoms with van der Waals surface area (Å²) in [6.07, 6.45) is 0.868. The predicted octanol–water partition coefficient (Wildman–Crippen LogP) is 4.61. The molecule has 0 bridgehead atoms. The van der Waals surface area contributed by atoms with E-state index in [1.165, 1.54) is 5.56 Å². The first-order valence-electron chi connectivity index (χ1n) is 11.3. The molecule has 0 unspecified atom stereocenters. The number of hydrogen-bond acceptors (Lipinski definition) is 5. The van der Waals surface area contributed by atoms with Crippen LogP contribution in [0.4, 0.5) is 0 Å². The van der Waals surface area contributed by atoms with E-state index in [0.29, 0.717) is 25.3 Å². The molecule has 0 aliphatic rings. The van der Waals surface area contributed by atoms with Crippen molar-refractivity contribution in [3.8, 4) is 17.3 Å². The number of pyridine rings is 1. The second-order valence-electron chi connectivity index (χ2n) is 8.38. The Kier molecular flexibility index (Phi) is 6.82. The van der Waals surface area contributed by atoms with Gasteiger partial charge in [0.25, 0.3) is 0 Å². The lowest BCUT2D eigenvalue weighted by atomic mass is 10.0. The van der Waals surface area contributed by atoms with E-state index in [9.17, 15) is 4.79 Å². The summed E-state index contributed by atoms with van der Waals surface area (Å²) in [5.74, 6) is 1.30. The van der Waals surface area contributed by atoms with Crippen LogP contribution in [0.15, 0.2) is 48.5 Å². The van der Waals surface area contributed by atoms with E-state index in [-0.39, 0.29) is 5.91 Å².